The van der Waals surface area contributed by atoms with Gasteiger partial charge in [-0.2, -0.15) is 5.26 Å². The molecule has 0 fully saturated rings. The Bertz CT molecular complexity index is 412. The summed E-state index contributed by atoms with van der Waals surface area (Å²) in [5.74, 6) is 0. The van der Waals surface area contributed by atoms with Gasteiger partial charge in [-0.05, 0) is 25.1 Å². The molecule has 0 bridgehead atoms. The second-order valence-corrected chi connectivity index (χ2v) is 3.06. The van der Waals surface area contributed by atoms with Gasteiger partial charge in [-0.3, -0.25) is 5.32 Å². The van der Waals surface area contributed by atoms with Crippen LogP contribution >= 0.6 is 11.6 Å². The molecule has 15 heavy (non-hydrogen) atoms. The van der Waals surface area contributed by atoms with Gasteiger partial charge in [0.15, 0.2) is 0 Å². The maximum Gasteiger partial charge on any atom is 0.411 e. The lowest BCUT2D eigenvalue weighted by molar-refractivity contribution is 0.168. The van der Waals surface area contributed by atoms with Crippen LogP contribution in [0.2, 0.25) is 5.02 Å². The molecule has 78 valence electrons. The predicted molar refractivity (Wildman–Crippen MR) is 56.8 cm³/mol. The van der Waals surface area contributed by atoms with Crippen LogP contribution in [-0.2, 0) is 4.74 Å². The topological polar surface area (TPSA) is 62.1 Å². The average molecular weight is 225 g/mol. The van der Waals surface area contributed by atoms with Gasteiger partial charge in [-0.1, -0.05) is 11.6 Å². The third-order valence-electron chi connectivity index (χ3n) is 1.61. The first-order valence-electron chi connectivity index (χ1n) is 4.30. The van der Waals surface area contributed by atoms with Gasteiger partial charge in [-0.25, -0.2) is 4.79 Å². The molecule has 0 unspecified atom stereocenters. The van der Waals surface area contributed by atoms with Gasteiger partial charge in [0.05, 0.1) is 17.2 Å². The number of carbonyl (C=O) groups excluding carboxylic acids is 1. The van der Waals surface area contributed by atoms with Gasteiger partial charge >= 0.3 is 6.09 Å². The SMILES string of the molecule is CCOC(=O)Nc1ccc(Cl)c(C#N)c1. The Morgan fingerprint density at radius 3 is 3.00 bits per heavy atom. The van der Waals surface area contributed by atoms with Crippen LogP contribution in [0.25, 0.3) is 0 Å². The Labute approximate surface area is 92.4 Å². The molecular weight excluding hydrogens is 216 g/mol. The van der Waals surface area contributed by atoms with Gasteiger partial charge < -0.3 is 4.74 Å². The minimum absolute atomic E-state index is 0.296. The van der Waals surface area contributed by atoms with Crippen molar-refractivity contribution in [1.29, 1.82) is 5.26 Å². The Hall–Kier alpha value is -1.73. The van der Waals surface area contributed by atoms with Crippen LogP contribution in [-0.4, -0.2) is 12.7 Å². The van der Waals surface area contributed by atoms with Crippen LogP contribution in [0.15, 0.2) is 18.2 Å². The molecule has 0 atom stereocenters. The monoisotopic (exact) mass is 224 g/mol. The number of nitrogens with one attached hydrogen (secondary N) is 1. The summed E-state index contributed by atoms with van der Waals surface area (Å²) in [6.45, 7) is 2.01. The van der Waals surface area contributed by atoms with E-state index in [9.17, 15) is 4.79 Å². The molecule has 4 nitrogen and oxygen atoms in total. The van der Waals surface area contributed by atoms with Crippen molar-refractivity contribution >= 4 is 23.4 Å². The summed E-state index contributed by atoms with van der Waals surface area (Å²) in [6, 6.07) is 6.54. The van der Waals surface area contributed by atoms with Crippen LogP contribution in [0, 0.1) is 11.3 Å². The molecule has 0 aliphatic rings. The smallest absolute Gasteiger partial charge is 0.411 e. The van der Waals surface area contributed by atoms with Crippen LogP contribution < -0.4 is 5.32 Å². The molecule has 0 aliphatic carbocycles. The number of hydrogen-bond donors (Lipinski definition) is 1. The molecule has 0 radical (unpaired) electrons. The molecule has 1 rings (SSSR count). The number of carbonyl (C=O) groups is 1. The third-order valence-corrected chi connectivity index (χ3v) is 1.94. The van der Waals surface area contributed by atoms with E-state index in [1.807, 2.05) is 6.07 Å². The molecule has 5 heteroatoms. The van der Waals surface area contributed by atoms with Crippen LogP contribution in [0.3, 0.4) is 0 Å². The van der Waals surface area contributed by atoms with Crippen molar-refractivity contribution in [2.75, 3.05) is 11.9 Å². The number of anilines is 1. The number of nitrogens with zero attached hydrogens (tertiary/aromatic N) is 1. The minimum Gasteiger partial charge on any atom is -0.450 e. The fraction of sp³-hybridized carbons (Fsp3) is 0.200. The Kier molecular flexibility index (Phi) is 3.95. The highest BCUT2D eigenvalue weighted by Crippen LogP contribution is 2.19. The maximum absolute atomic E-state index is 11.0. The van der Waals surface area contributed by atoms with E-state index in [0.29, 0.717) is 22.9 Å². The summed E-state index contributed by atoms with van der Waals surface area (Å²) < 4.78 is 4.68. The van der Waals surface area contributed by atoms with Crippen molar-refractivity contribution in [3.05, 3.63) is 28.8 Å². The van der Waals surface area contributed by atoms with E-state index in [2.05, 4.69) is 10.1 Å². The van der Waals surface area contributed by atoms with Crippen molar-refractivity contribution in [2.45, 2.75) is 6.92 Å². The van der Waals surface area contributed by atoms with Crippen molar-refractivity contribution in [2.24, 2.45) is 0 Å². The summed E-state index contributed by atoms with van der Waals surface area (Å²) in [4.78, 5) is 11.0. The molecule has 0 aromatic heterocycles. The fourth-order valence-corrected chi connectivity index (χ4v) is 1.13. The second kappa shape index (κ2) is 5.23. The molecule has 0 spiro atoms. The van der Waals surface area contributed by atoms with Crippen molar-refractivity contribution in [3.8, 4) is 6.07 Å². The standard InChI is InChI=1S/C10H9ClN2O2/c1-2-15-10(14)13-8-3-4-9(11)7(5-8)6-12/h3-5H,2H2,1H3,(H,13,14). The van der Waals surface area contributed by atoms with Gasteiger partial charge in [-0.15, -0.1) is 0 Å². The van der Waals surface area contributed by atoms with Crippen LogP contribution in [0.1, 0.15) is 12.5 Å². The zero-order valence-electron chi connectivity index (χ0n) is 8.08. The summed E-state index contributed by atoms with van der Waals surface area (Å²) in [7, 11) is 0. The second-order valence-electron chi connectivity index (χ2n) is 2.65. The first kappa shape index (κ1) is 11.3. The average Bonchev–Trinajstić information content (AvgIpc) is 2.21. The van der Waals surface area contributed by atoms with E-state index in [0.717, 1.165) is 0 Å². The molecule has 1 aromatic rings. The fourth-order valence-electron chi connectivity index (χ4n) is 0.974. The first-order chi connectivity index (χ1) is 7.17. The van der Waals surface area contributed by atoms with Crippen molar-refractivity contribution < 1.29 is 9.53 Å². The Morgan fingerprint density at radius 2 is 2.40 bits per heavy atom. The number of hydrogen-bond acceptors (Lipinski definition) is 3. The lowest BCUT2D eigenvalue weighted by Crippen LogP contribution is -2.13. The number of ether oxygens (including phenoxy) is 1. The molecule has 1 amide bonds. The highest BCUT2D eigenvalue weighted by Gasteiger charge is 2.04. The number of halogens is 1. The Balaban J connectivity index is 2.80. The van der Waals surface area contributed by atoms with Gasteiger partial charge in [0.1, 0.15) is 6.07 Å². The largest absolute Gasteiger partial charge is 0.450 e. The molecule has 0 saturated carbocycles. The third kappa shape index (κ3) is 3.15. The number of amides is 1. The Morgan fingerprint density at radius 1 is 1.67 bits per heavy atom. The highest BCUT2D eigenvalue weighted by molar-refractivity contribution is 6.31. The molecule has 1 aromatic carbocycles. The minimum atomic E-state index is -0.552. The van der Waals surface area contributed by atoms with Crippen LogP contribution in [0.4, 0.5) is 10.5 Å². The molecule has 0 heterocycles. The zero-order chi connectivity index (χ0) is 11.3. The van der Waals surface area contributed by atoms with E-state index >= 15 is 0 Å². The predicted octanol–water partition coefficient (Wildman–Crippen LogP) is 2.78. The van der Waals surface area contributed by atoms with E-state index in [1.54, 1.807) is 19.1 Å². The van der Waals surface area contributed by atoms with Crippen molar-refractivity contribution in [1.82, 2.24) is 0 Å². The zero-order valence-corrected chi connectivity index (χ0v) is 8.84. The summed E-state index contributed by atoms with van der Waals surface area (Å²) in [5.41, 5.74) is 0.792. The van der Waals surface area contributed by atoms with Crippen molar-refractivity contribution in [3.63, 3.8) is 0 Å². The summed E-state index contributed by atoms with van der Waals surface area (Å²) in [6.07, 6.45) is -0.552. The van der Waals surface area contributed by atoms with E-state index < -0.39 is 6.09 Å². The number of benzene rings is 1. The van der Waals surface area contributed by atoms with Crippen LogP contribution in [0.5, 0.6) is 0 Å². The first-order valence-corrected chi connectivity index (χ1v) is 4.68. The lowest BCUT2D eigenvalue weighted by atomic mass is 10.2. The summed E-state index contributed by atoms with van der Waals surface area (Å²) >= 11 is 5.73. The van der Waals surface area contributed by atoms with E-state index in [-0.39, 0.29) is 0 Å². The quantitative estimate of drug-likeness (QED) is 0.840. The van der Waals surface area contributed by atoms with E-state index in [4.69, 9.17) is 16.9 Å². The highest BCUT2D eigenvalue weighted by atomic mass is 35.5. The molecular formula is C10H9ClN2O2. The maximum atomic E-state index is 11.0. The van der Waals surface area contributed by atoms with Gasteiger partial charge in [0.25, 0.3) is 0 Å². The molecule has 0 aliphatic heterocycles. The van der Waals surface area contributed by atoms with Gasteiger partial charge in [0.2, 0.25) is 0 Å². The van der Waals surface area contributed by atoms with Gasteiger partial charge in [0, 0.05) is 5.69 Å². The van der Waals surface area contributed by atoms with E-state index in [1.165, 1.54) is 6.07 Å². The molecule has 0 saturated heterocycles. The normalized spacial score (nSPS) is 9.13. The lowest BCUT2D eigenvalue weighted by Gasteiger charge is -2.05. The molecule has 1 N–H and O–H groups in total. The summed E-state index contributed by atoms with van der Waals surface area (Å²) in [5, 5.41) is 11.5. The number of rotatable bonds is 2. The number of nitriles is 1.